The Labute approximate surface area is 141 Å². The number of likely N-dealkylation sites (tertiary alicyclic amines) is 2. The average Bonchev–Trinajstić information content (AvgIpc) is 2.56. The summed E-state index contributed by atoms with van der Waals surface area (Å²) < 4.78 is 0. The highest BCUT2D eigenvalue weighted by molar-refractivity contribution is 5.78. The maximum Gasteiger partial charge on any atom is 0.224 e. The predicted octanol–water partition coefficient (Wildman–Crippen LogP) is 2.55. The Balaban J connectivity index is 1.44. The van der Waals surface area contributed by atoms with E-state index in [2.05, 4.69) is 28.2 Å². The molecule has 23 heavy (non-hydrogen) atoms. The third kappa shape index (κ3) is 5.05. The molecule has 2 aliphatic heterocycles. The first-order chi connectivity index (χ1) is 11.2. The first-order valence-electron chi connectivity index (χ1n) is 9.60. The van der Waals surface area contributed by atoms with Crippen LogP contribution in [0.1, 0.15) is 57.8 Å². The standard InChI is InChI=1S/C19H33N3O/c1-21-12-9-18(10-13-21)22-11-5-8-17(15-22)20-19(23)14-16-6-3-2-4-7-16/h6,17-18H,2-5,7-15H2,1H3,(H,20,23)/t17-/m1/s1. The number of carbonyl (C=O) groups is 1. The van der Waals surface area contributed by atoms with Gasteiger partial charge < -0.3 is 10.2 Å². The van der Waals surface area contributed by atoms with Crippen molar-refractivity contribution in [2.24, 2.45) is 0 Å². The van der Waals surface area contributed by atoms with Crippen LogP contribution >= 0.6 is 0 Å². The molecule has 2 heterocycles. The van der Waals surface area contributed by atoms with E-state index in [0.717, 1.165) is 31.8 Å². The second-order valence-electron chi connectivity index (χ2n) is 7.72. The summed E-state index contributed by atoms with van der Waals surface area (Å²) in [4.78, 5) is 17.4. The van der Waals surface area contributed by atoms with Crippen molar-refractivity contribution in [1.82, 2.24) is 15.1 Å². The Bertz CT molecular complexity index is 426. The molecule has 1 aliphatic carbocycles. The highest BCUT2D eigenvalue weighted by Crippen LogP contribution is 2.22. The Hall–Kier alpha value is -0.870. The van der Waals surface area contributed by atoms with E-state index >= 15 is 0 Å². The molecule has 4 nitrogen and oxygen atoms in total. The largest absolute Gasteiger partial charge is 0.352 e. The van der Waals surface area contributed by atoms with E-state index in [-0.39, 0.29) is 5.91 Å². The average molecular weight is 319 g/mol. The van der Waals surface area contributed by atoms with Crippen LogP contribution in [0.15, 0.2) is 11.6 Å². The van der Waals surface area contributed by atoms with Gasteiger partial charge in [0.2, 0.25) is 5.91 Å². The molecule has 0 spiro atoms. The van der Waals surface area contributed by atoms with Gasteiger partial charge >= 0.3 is 0 Å². The molecule has 0 radical (unpaired) electrons. The highest BCUT2D eigenvalue weighted by Gasteiger charge is 2.28. The van der Waals surface area contributed by atoms with Crippen LogP contribution in [0, 0.1) is 0 Å². The van der Waals surface area contributed by atoms with Gasteiger partial charge in [0.1, 0.15) is 0 Å². The molecule has 2 saturated heterocycles. The van der Waals surface area contributed by atoms with Crippen molar-refractivity contribution >= 4 is 5.91 Å². The molecule has 3 rings (SSSR count). The fourth-order valence-electron chi connectivity index (χ4n) is 4.37. The zero-order valence-electron chi connectivity index (χ0n) is 14.7. The molecule has 0 saturated carbocycles. The van der Waals surface area contributed by atoms with Crippen LogP contribution in [0.5, 0.6) is 0 Å². The number of nitrogens with one attached hydrogen (secondary N) is 1. The summed E-state index contributed by atoms with van der Waals surface area (Å²) in [5.74, 6) is 0.244. The van der Waals surface area contributed by atoms with E-state index in [1.807, 2.05) is 0 Å². The Morgan fingerprint density at radius 3 is 2.74 bits per heavy atom. The highest BCUT2D eigenvalue weighted by atomic mass is 16.1. The van der Waals surface area contributed by atoms with E-state index < -0.39 is 0 Å². The minimum Gasteiger partial charge on any atom is -0.352 e. The fourth-order valence-corrected chi connectivity index (χ4v) is 4.37. The van der Waals surface area contributed by atoms with Crippen LogP contribution in [-0.4, -0.2) is 61.0 Å². The molecule has 4 heteroatoms. The molecule has 3 aliphatic rings. The van der Waals surface area contributed by atoms with Crippen molar-refractivity contribution in [3.63, 3.8) is 0 Å². The minimum atomic E-state index is 0.244. The zero-order chi connectivity index (χ0) is 16.1. The van der Waals surface area contributed by atoms with Crippen LogP contribution in [0.4, 0.5) is 0 Å². The molecule has 0 aromatic carbocycles. The van der Waals surface area contributed by atoms with Crippen LogP contribution in [0.25, 0.3) is 0 Å². The van der Waals surface area contributed by atoms with Crippen LogP contribution in [0.2, 0.25) is 0 Å². The summed E-state index contributed by atoms with van der Waals surface area (Å²) in [6.07, 6.45) is 12.7. The first kappa shape index (κ1) is 17.0. The van der Waals surface area contributed by atoms with Crippen molar-refractivity contribution in [3.8, 4) is 0 Å². The Morgan fingerprint density at radius 2 is 2.00 bits per heavy atom. The molecular weight excluding hydrogens is 286 g/mol. The van der Waals surface area contributed by atoms with Gasteiger partial charge in [0.25, 0.3) is 0 Å². The number of hydrogen-bond donors (Lipinski definition) is 1. The predicted molar refractivity (Wildman–Crippen MR) is 94.4 cm³/mol. The van der Waals surface area contributed by atoms with Crippen molar-refractivity contribution in [2.75, 3.05) is 33.2 Å². The molecular formula is C19H33N3O. The van der Waals surface area contributed by atoms with Crippen molar-refractivity contribution in [1.29, 1.82) is 0 Å². The topological polar surface area (TPSA) is 35.6 Å². The molecule has 1 amide bonds. The third-order valence-corrected chi connectivity index (χ3v) is 5.80. The Kier molecular flexibility index (Phi) is 6.12. The van der Waals surface area contributed by atoms with Gasteiger partial charge in [-0.25, -0.2) is 0 Å². The van der Waals surface area contributed by atoms with Gasteiger partial charge in [-0.05, 0) is 78.0 Å². The number of hydrogen-bond acceptors (Lipinski definition) is 3. The number of carbonyl (C=O) groups excluding carboxylic acids is 1. The summed E-state index contributed by atoms with van der Waals surface area (Å²) in [6.45, 7) is 4.70. The van der Waals surface area contributed by atoms with E-state index in [1.165, 1.54) is 57.3 Å². The molecule has 2 fully saturated rings. The molecule has 0 aromatic rings. The smallest absolute Gasteiger partial charge is 0.224 e. The van der Waals surface area contributed by atoms with Crippen LogP contribution in [0.3, 0.4) is 0 Å². The fraction of sp³-hybridized carbons (Fsp3) is 0.842. The maximum atomic E-state index is 12.3. The van der Waals surface area contributed by atoms with Crippen molar-refractivity contribution in [3.05, 3.63) is 11.6 Å². The van der Waals surface area contributed by atoms with E-state index in [9.17, 15) is 4.79 Å². The number of nitrogens with zero attached hydrogens (tertiary/aromatic N) is 2. The Morgan fingerprint density at radius 1 is 1.17 bits per heavy atom. The van der Waals surface area contributed by atoms with Crippen molar-refractivity contribution < 1.29 is 4.79 Å². The number of piperidine rings is 2. The zero-order valence-corrected chi connectivity index (χ0v) is 14.7. The summed E-state index contributed by atoms with van der Waals surface area (Å²) in [5, 5.41) is 3.31. The molecule has 130 valence electrons. The lowest BCUT2D eigenvalue weighted by Gasteiger charge is -2.41. The second kappa shape index (κ2) is 8.29. The summed E-state index contributed by atoms with van der Waals surface area (Å²) in [6, 6.07) is 1.09. The monoisotopic (exact) mass is 319 g/mol. The minimum absolute atomic E-state index is 0.244. The quantitative estimate of drug-likeness (QED) is 0.809. The van der Waals surface area contributed by atoms with Crippen LogP contribution < -0.4 is 5.32 Å². The van der Waals surface area contributed by atoms with E-state index in [0.29, 0.717) is 12.5 Å². The first-order valence-corrected chi connectivity index (χ1v) is 9.60. The van der Waals surface area contributed by atoms with Gasteiger partial charge in [-0.3, -0.25) is 9.69 Å². The number of rotatable bonds is 4. The SMILES string of the molecule is CN1CCC(N2CCC[C@@H](NC(=O)CC3=CCCCC3)C2)CC1. The molecule has 0 unspecified atom stereocenters. The lowest BCUT2D eigenvalue weighted by Crippen LogP contribution is -2.53. The molecule has 1 N–H and O–H groups in total. The normalized spacial score (nSPS) is 28.4. The van der Waals surface area contributed by atoms with Gasteiger partial charge in [-0.2, -0.15) is 0 Å². The van der Waals surface area contributed by atoms with Crippen molar-refractivity contribution in [2.45, 2.75) is 69.9 Å². The summed E-state index contributed by atoms with van der Waals surface area (Å²) >= 11 is 0. The molecule has 1 atom stereocenters. The lowest BCUT2D eigenvalue weighted by molar-refractivity contribution is -0.121. The maximum absolute atomic E-state index is 12.3. The van der Waals surface area contributed by atoms with Gasteiger partial charge in [0.15, 0.2) is 0 Å². The van der Waals surface area contributed by atoms with E-state index in [4.69, 9.17) is 0 Å². The number of allylic oxidation sites excluding steroid dienone is 1. The third-order valence-electron chi connectivity index (χ3n) is 5.80. The summed E-state index contributed by atoms with van der Waals surface area (Å²) in [7, 11) is 2.22. The number of amides is 1. The second-order valence-corrected chi connectivity index (χ2v) is 7.72. The van der Waals surface area contributed by atoms with E-state index in [1.54, 1.807) is 0 Å². The van der Waals surface area contributed by atoms with Crippen LogP contribution in [-0.2, 0) is 4.79 Å². The molecule has 0 bridgehead atoms. The van der Waals surface area contributed by atoms with Gasteiger partial charge in [0, 0.05) is 25.0 Å². The van der Waals surface area contributed by atoms with Gasteiger partial charge in [-0.15, -0.1) is 0 Å². The summed E-state index contributed by atoms with van der Waals surface area (Å²) in [5.41, 5.74) is 1.36. The van der Waals surface area contributed by atoms with Gasteiger partial charge in [0.05, 0.1) is 0 Å². The molecule has 0 aromatic heterocycles. The lowest BCUT2D eigenvalue weighted by atomic mass is 9.96. The van der Waals surface area contributed by atoms with Gasteiger partial charge in [-0.1, -0.05) is 11.6 Å².